The summed E-state index contributed by atoms with van der Waals surface area (Å²) in [6.45, 7) is 12.2. The van der Waals surface area contributed by atoms with Crippen molar-refractivity contribution in [2.75, 3.05) is 67.0 Å². The van der Waals surface area contributed by atoms with Crippen molar-refractivity contribution in [3.63, 3.8) is 0 Å². The first kappa shape index (κ1) is 52.1. The van der Waals surface area contributed by atoms with Crippen LogP contribution in [0.15, 0.2) is 92.4 Å². The normalized spacial score (nSPS) is 15.5. The fraction of sp³-hybridized carbons (Fsp3) is 0.410. The molecule has 2 aromatic carbocycles. The molecular formula is C39H50N10O11S6. The molecule has 0 spiro atoms. The third-order valence-corrected chi connectivity index (χ3v) is 15.5. The maximum absolute atomic E-state index is 12.1. The van der Waals surface area contributed by atoms with Gasteiger partial charge in [0.05, 0.1) is 47.8 Å². The molecule has 358 valence electrons. The number of thiophene rings is 2. The number of anilines is 3. The zero-order chi connectivity index (χ0) is 48.4. The van der Waals surface area contributed by atoms with Gasteiger partial charge in [0, 0.05) is 56.4 Å². The molecule has 27 heteroatoms. The molecule has 5 rings (SSSR count). The Labute approximate surface area is 396 Å². The van der Waals surface area contributed by atoms with Gasteiger partial charge in [-0.2, -0.15) is 30.2 Å². The van der Waals surface area contributed by atoms with Crippen LogP contribution in [-0.4, -0.2) is 108 Å². The topological polar surface area (TPSA) is 287 Å². The lowest BCUT2D eigenvalue weighted by atomic mass is 10.0. The van der Waals surface area contributed by atoms with E-state index in [1.165, 1.54) is 37.1 Å². The molecule has 1 unspecified atom stereocenters. The maximum Gasteiger partial charge on any atom is 0.297 e. The molecule has 0 radical (unpaired) electrons. The molecule has 0 bridgehead atoms. The van der Waals surface area contributed by atoms with E-state index in [4.69, 9.17) is 24.5 Å². The van der Waals surface area contributed by atoms with Crippen LogP contribution in [0.25, 0.3) is 0 Å². The van der Waals surface area contributed by atoms with E-state index in [0.717, 1.165) is 34.4 Å². The zero-order valence-corrected chi connectivity index (χ0v) is 41.8. The highest BCUT2D eigenvalue weighted by molar-refractivity contribution is 8.14. The molecule has 1 aliphatic rings. The highest BCUT2D eigenvalue weighted by Gasteiger charge is 2.26. The lowest BCUT2D eigenvalue weighted by Gasteiger charge is -2.25. The van der Waals surface area contributed by atoms with Gasteiger partial charge in [-0.3, -0.25) is 13.7 Å². The van der Waals surface area contributed by atoms with Gasteiger partial charge in [0.2, 0.25) is 0 Å². The van der Waals surface area contributed by atoms with Gasteiger partial charge in [0.25, 0.3) is 36.3 Å². The number of rotatable bonds is 20. The van der Waals surface area contributed by atoms with E-state index in [9.17, 15) is 38.9 Å². The summed E-state index contributed by atoms with van der Waals surface area (Å²) in [4.78, 5) is 17.9. The Bertz CT molecular complexity index is 2870. The number of methoxy groups -OCH3 is 2. The average Bonchev–Trinajstić information content (AvgIpc) is 3.92. The monoisotopic (exact) mass is 1030 g/mol. The van der Waals surface area contributed by atoms with Gasteiger partial charge in [0.15, 0.2) is 10.0 Å². The van der Waals surface area contributed by atoms with Crippen LogP contribution in [-0.2, 0) is 30.4 Å². The number of benzene rings is 2. The molecule has 4 N–H and O–H groups in total. The van der Waals surface area contributed by atoms with Crippen molar-refractivity contribution in [1.29, 1.82) is 0 Å². The minimum atomic E-state index is -4.63. The van der Waals surface area contributed by atoms with Crippen molar-refractivity contribution in [3.05, 3.63) is 47.2 Å². The van der Waals surface area contributed by atoms with Gasteiger partial charge in [-0.1, -0.05) is 6.92 Å². The third kappa shape index (κ3) is 13.4. The number of amidine groups is 1. The molecule has 0 aliphatic carbocycles. The number of azo groups is 2. The molecule has 1 aliphatic heterocycles. The Balaban J connectivity index is 1.77. The van der Waals surface area contributed by atoms with Crippen LogP contribution in [0.5, 0.6) is 11.5 Å². The quantitative estimate of drug-likeness (QED) is 0.0473. The van der Waals surface area contributed by atoms with Crippen molar-refractivity contribution in [3.8, 4) is 11.5 Å². The summed E-state index contributed by atoms with van der Waals surface area (Å²) in [5.74, 6) is 0.0890. The minimum absolute atomic E-state index is 0.0420. The summed E-state index contributed by atoms with van der Waals surface area (Å²) in [6, 6.07) is 9.11. The molecule has 21 nitrogen and oxygen atoms in total. The molecule has 0 saturated heterocycles. The van der Waals surface area contributed by atoms with Gasteiger partial charge in [-0.25, -0.2) is 9.98 Å². The first-order valence-corrected chi connectivity index (χ1v) is 27.5. The summed E-state index contributed by atoms with van der Waals surface area (Å²) in [7, 11) is -10.6. The van der Waals surface area contributed by atoms with Gasteiger partial charge in [0.1, 0.15) is 38.5 Å². The highest BCUT2D eigenvalue weighted by atomic mass is 32.2. The minimum Gasteiger partial charge on any atom is -0.494 e. The number of thioether (sulfide) groups is 1. The summed E-state index contributed by atoms with van der Waals surface area (Å²) in [5.41, 5.74) is 2.19. The average molecular weight is 1030 g/mol. The Morgan fingerprint density at radius 1 is 0.727 bits per heavy atom. The van der Waals surface area contributed by atoms with Crippen LogP contribution in [0, 0.1) is 5.92 Å². The SMILES string of the molecule is CCC1CC(SCCS(=O)(=O)O)=NC(=Nc2cc(N(CC)CC)c(OC)cc2N=Nc2sccc2S(=O)(=O)O)N=C1Nc1cc(N(CC)CC)c(OC)cc1N=Nc1sccc1S(=O)(=O)O. The predicted octanol–water partition coefficient (Wildman–Crippen LogP) is 9.79. The number of ether oxygens (including phenoxy) is 2. The van der Waals surface area contributed by atoms with Crippen LogP contribution in [0.1, 0.15) is 47.5 Å². The Kier molecular flexibility index (Phi) is 18.0. The summed E-state index contributed by atoms with van der Waals surface area (Å²) < 4.78 is 113. The number of guanidine groups is 1. The lowest BCUT2D eigenvalue weighted by Crippen LogP contribution is -2.25. The second-order valence-corrected chi connectivity index (χ2v) is 21.2. The zero-order valence-electron chi connectivity index (χ0n) is 36.9. The largest absolute Gasteiger partial charge is 0.494 e. The highest BCUT2D eigenvalue weighted by Crippen LogP contribution is 2.44. The molecule has 4 aromatic rings. The van der Waals surface area contributed by atoms with Crippen LogP contribution in [0.3, 0.4) is 0 Å². The second kappa shape index (κ2) is 22.8. The van der Waals surface area contributed by atoms with Crippen LogP contribution >= 0.6 is 34.4 Å². The molecule has 3 heterocycles. The standard InChI is InChI=1S/C39H50N10O11S6/c1-8-24-19-35(61-17-18-64(50,51)52)42-39(41-26-21-30(49(11-4)12-5)32(60-7)23-28(26)45-47-38-34(14-16-63-38)66(56,57)58)43-36(24)40-25-20-29(48(9-2)10-3)31(59-6)22-27(25)44-46-37-33(13-15-62-37)65(53,54)55/h13-16,20-24H,8-12,17-19H2,1-7H3,(H,40,41,43)(H,50,51,52)(H,53,54,55)(H,56,57,58). The summed E-state index contributed by atoms with van der Waals surface area (Å²) in [6.07, 6.45) is 0.738. The fourth-order valence-electron chi connectivity index (χ4n) is 6.53. The van der Waals surface area contributed by atoms with Crippen LogP contribution in [0.4, 0.5) is 44.1 Å². The number of nitrogens with one attached hydrogen (secondary N) is 1. The molecule has 0 amide bonds. The van der Waals surface area contributed by atoms with Crippen molar-refractivity contribution < 1.29 is 48.4 Å². The number of hydrogen-bond acceptors (Lipinski definition) is 19. The van der Waals surface area contributed by atoms with Crippen molar-refractivity contribution in [1.82, 2.24) is 0 Å². The van der Waals surface area contributed by atoms with E-state index >= 15 is 0 Å². The molecule has 0 fully saturated rings. The molecule has 0 saturated carbocycles. The Morgan fingerprint density at radius 3 is 1.73 bits per heavy atom. The first-order valence-electron chi connectivity index (χ1n) is 20.2. The third-order valence-electron chi connectivity index (χ3n) is 9.89. The van der Waals surface area contributed by atoms with E-state index in [0.29, 0.717) is 72.0 Å². The van der Waals surface area contributed by atoms with Crippen LogP contribution in [0.2, 0.25) is 0 Å². The van der Waals surface area contributed by atoms with Gasteiger partial charge >= 0.3 is 0 Å². The van der Waals surface area contributed by atoms with Gasteiger partial charge < -0.3 is 24.6 Å². The van der Waals surface area contributed by atoms with E-state index in [-0.39, 0.29) is 45.2 Å². The molecule has 1 atom stereocenters. The smallest absolute Gasteiger partial charge is 0.297 e. The summed E-state index contributed by atoms with van der Waals surface area (Å²) >= 11 is 3.00. The molecule has 66 heavy (non-hydrogen) atoms. The first-order chi connectivity index (χ1) is 31.3. The van der Waals surface area contributed by atoms with Crippen LogP contribution < -0.4 is 24.6 Å². The van der Waals surface area contributed by atoms with Crippen molar-refractivity contribution >= 4 is 126 Å². The van der Waals surface area contributed by atoms with Crippen molar-refractivity contribution in [2.24, 2.45) is 41.4 Å². The Hall–Kier alpha value is -4.87. The molecular weight excluding hydrogens is 977 g/mol. The lowest BCUT2D eigenvalue weighted by molar-refractivity contribution is 0.414. The van der Waals surface area contributed by atoms with E-state index in [1.807, 2.05) is 39.5 Å². The Morgan fingerprint density at radius 2 is 1.24 bits per heavy atom. The number of aliphatic imine (C=N–C) groups is 3. The number of nitrogens with zero attached hydrogens (tertiary/aromatic N) is 9. The van der Waals surface area contributed by atoms with Crippen molar-refractivity contribution in [2.45, 2.75) is 57.3 Å². The second-order valence-electron chi connectivity index (χ2n) is 13.9. The summed E-state index contributed by atoms with van der Waals surface area (Å²) in [5, 5.41) is 23.8. The van der Waals surface area contributed by atoms with Gasteiger partial charge in [-0.05, 0) is 69.1 Å². The maximum atomic E-state index is 12.1. The fourth-order valence-corrected chi connectivity index (χ4v) is 11.7. The predicted molar refractivity (Wildman–Crippen MR) is 263 cm³/mol. The van der Waals surface area contributed by atoms with E-state index in [1.54, 1.807) is 24.3 Å². The van der Waals surface area contributed by atoms with E-state index < -0.39 is 51.8 Å². The molecule has 2 aromatic heterocycles. The van der Waals surface area contributed by atoms with Gasteiger partial charge in [-0.15, -0.1) is 54.9 Å². The van der Waals surface area contributed by atoms with E-state index in [2.05, 4.69) is 30.7 Å². The number of hydrogen-bond donors (Lipinski definition) is 4.